The molecule has 86 valence electrons. The van der Waals surface area contributed by atoms with Crippen LogP contribution in [0.4, 0.5) is 0 Å². The molecule has 0 radical (unpaired) electrons. The highest BCUT2D eigenvalue weighted by Crippen LogP contribution is 2.28. The lowest BCUT2D eigenvalue weighted by atomic mass is 10.0. The zero-order chi connectivity index (χ0) is 11.4. The van der Waals surface area contributed by atoms with E-state index in [1.807, 2.05) is 0 Å². The molecule has 0 saturated heterocycles. The minimum atomic E-state index is 0.309. The number of hydrogen-bond donors (Lipinski definition) is 1. The van der Waals surface area contributed by atoms with Crippen molar-refractivity contribution >= 4 is 17.3 Å². The summed E-state index contributed by atoms with van der Waals surface area (Å²) in [7, 11) is 0. The second kappa shape index (κ2) is 5.23. The Labute approximate surface area is 99.4 Å². The first-order valence-electron chi connectivity index (χ1n) is 5.33. The van der Waals surface area contributed by atoms with Crippen LogP contribution in [0.5, 0.6) is 5.88 Å². The van der Waals surface area contributed by atoms with Gasteiger partial charge in [-0.25, -0.2) is 0 Å². The summed E-state index contributed by atoms with van der Waals surface area (Å²) >= 11 is 1.18. The molecule has 0 spiro atoms. The molecule has 0 saturated carbocycles. The van der Waals surface area contributed by atoms with Gasteiger partial charge in [-0.05, 0) is 25.5 Å². The van der Waals surface area contributed by atoms with Crippen molar-refractivity contribution in [1.82, 2.24) is 14.1 Å². The summed E-state index contributed by atoms with van der Waals surface area (Å²) in [6.07, 6.45) is 4.94. The monoisotopic (exact) mass is 237 g/mol. The molecule has 1 atom stereocenters. The average Bonchev–Trinajstić information content (AvgIpc) is 2.75. The van der Waals surface area contributed by atoms with Crippen molar-refractivity contribution in [2.75, 3.05) is 13.2 Å². The molecule has 4 nitrogen and oxygen atoms in total. The Morgan fingerprint density at radius 1 is 1.69 bits per heavy atom. The third kappa shape index (κ3) is 2.31. The van der Waals surface area contributed by atoms with Crippen LogP contribution in [0, 0.1) is 0 Å². The highest BCUT2D eigenvalue weighted by molar-refractivity contribution is 6.99. The van der Waals surface area contributed by atoms with Gasteiger partial charge in [0.1, 0.15) is 12.3 Å². The van der Waals surface area contributed by atoms with Crippen molar-refractivity contribution in [2.24, 2.45) is 0 Å². The molecule has 0 amide bonds. The van der Waals surface area contributed by atoms with Crippen molar-refractivity contribution < 1.29 is 4.74 Å². The summed E-state index contributed by atoms with van der Waals surface area (Å²) in [5.41, 5.74) is 2.05. The maximum absolute atomic E-state index is 5.48. The van der Waals surface area contributed by atoms with Crippen LogP contribution in [-0.4, -0.2) is 27.9 Å². The maximum Gasteiger partial charge on any atom is 0.253 e. The lowest BCUT2D eigenvalue weighted by Crippen LogP contribution is -2.31. The van der Waals surface area contributed by atoms with Gasteiger partial charge in [0, 0.05) is 6.04 Å². The zero-order valence-corrected chi connectivity index (χ0v) is 10.1. The highest BCUT2D eigenvalue weighted by atomic mass is 32.1. The van der Waals surface area contributed by atoms with Crippen molar-refractivity contribution in [2.45, 2.75) is 19.4 Å². The van der Waals surface area contributed by atoms with Crippen LogP contribution >= 0.6 is 11.7 Å². The number of hydrogen-bond acceptors (Lipinski definition) is 5. The second-order valence-corrected chi connectivity index (χ2v) is 4.17. The Morgan fingerprint density at radius 3 is 3.31 bits per heavy atom. The molecule has 16 heavy (non-hydrogen) atoms. The van der Waals surface area contributed by atoms with Gasteiger partial charge in [0.25, 0.3) is 5.88 Å². The third-order valence-corrected chi connectivity index (χ3v) is 3.01. The van der Waals surface area contributed by atoms with E-state index in [1.165, 1.54) is 17.3 Å². The first-order valence-corrected chi connectivity index (χ1v) is 6.06. The fourth-order valence-corrected chi connectivity index (χ4v) is 2.22. The zero-order valence-electron chi connectivity index (χ0n) is 9.27. The fourth-order valence-electron chi connectivity index (χ4n) is 1.71. The van der Waals surface area contributed by atoms with Gasteiger partial charge in [-0.15, -0.1) is 4.37 Å². The van der Waals surface area contributed by atoms with E-state index >= 15 is 0 Å². The quantitative estimate of drug-likeness (QED) is 0.812. The largest absolute Gasteiger partial charge is 0.471 e. The van der Waals surface area contributed by atoms with Gasteiger partial charge >= 0.3 is 0 Å². The van der Waals surface area contributed by atoms with Crippen molar-refractivity contribution in [3.05, 3.63) is 24.4 Å². The Hall–Kier alpha value is -1.20. The van der Waals surface area contributed by atoms with Crippen LogP contribution in [-0.2, 0) is 0 Å². The topological polar surface area (TPSA) is 47.0 Å². The lowest BCUT2D eigenvalue weighted by molar-refractivity contribution is 0.350. The molecular formula is C11H15N3OS. The molecule has 0 aliphatic carbocycles. The predicted molar refractivity (Wildman–Crippen MR) is 65.7 cm³/mol. The first kappa shape index (κ1) is 11.3. The number of ether oxygens (including phenoxy) is 1. The normalized spacial score (nSPS) is 20.3. The van der Waals surface area contributed by atoms with E-state index in [2.05, 4.69) is 33.6 Å². The molecule has 1 aromatic heterocycles. The molecule has 1 aliphatic heterocycles. The molecule has 0 fully saturated rings. The Bertz CT molecular complexity index is 400. The van der Waals surface area contributed by atoms with E-state index in [1.54, 1.807) is 6.08 Å². The highest BCUT2D eigenvalue weighted by Gasteiger charge is 2.20. The predicted octanol–water partition coefficient (Wildman–Crippen LogP) is 1.87. The summed E-state index contributed by atoms with van der Waals surface area (Å²) < 4.78 is 13.9. The molecule has 0 aromatic carbocycles. The number of nitrogens with zero attached hydrogens (tertiary/aromatic N) is 2. The Morgan fingerprint density at radius 2 is 2.56 bits per heavy atom. The summed E-state index contributed by atoms with van der Waals surface area (Å²) in [4.78, 5) is 0. The third-order valence-electron chi connectivity index (χ3n) is 2.50. The van der Waals surface area contributed by atoms with Gasteiger partial charge in [0.05, 0.1) is 11.7 Å². The van der Waals surface area contributed by atoms with E-state index in [0.717, 1.165) is 18.7 Å². The lowest BCUT2D eigenvalue weighted by Gasteiger charge is -2.21. The van der Waals surface area contributed by atoms with Gasteiger partial charge in [0.2, 0.25) is 0 Å². The van der Waals surface area contributed by atoms with E-state index in [9.17, 15) is 0 Å². The number of aromatic nitrogens is 2. The van der Waals surface area contributed by atoms with E-state index in [4.69, 9.17) is 4.74 Å². The SMILES string of the molecule is C=CCOc1nsnc1C1=CCCNC1C. The standard InChI is InChI=1S/C11H15N3OS/c1-3-7-15-11-10(13-16-14-11)9-5-4-6-12-8(9)2/h3,5,8,12H,1,4,6-7H2,2H3. The number of nitrogens with one attached hydrogen (secondary N) is 1. The molecule has 1 aliphatic rings. The van der Waals surface area contributed by atoms with Gasteiger partial charge in [-0.3, -0.25) is 0 Å². The molecule has 2 rings (SSSR count). The van der Waals surface area contributed by atoms with E-state index in [0.29, 0.717) is 18.5 Å². The van der Waals surface area contributed by atoms with Gasteiger partial charge < -0.3 is 10.1 Å². The summed E-state index contributed by atoms with van der Waals surface area (Å²) in [6.45, 7) is 7.23. The smallest absolute Gasteiger partial charge is 0.253 e. The van der Waals surface area contributed by atoms with Crippen molar-refractivity contribution in [3.8, 4) is 5.88 Å². The molecule has 0 bridgehead atoms. The van der Waals surface area contributed by atoms with Gasteiger partial charge in [0.15, 0.2) is 0 Å². The Kier molecular flexibility index (Phi) is 3.69. The summed E-state index contributed by atoms with van der Waals surface area (Å²) in [5.74, 6) is 0.617. The van der Waals surface area contributed by atoms with Crippen LogP contribution in [0.1, 0.15) is 19.0 Å². The molecule has 5 heteroatoms. The molecular weight excluding hydrogens is 222 g/mol. The second-order valence-electron chi connectivity index (χ2n) is 3.64. The van der Waals surface area contributed by atoms with Crippen molar-refractivity contribution in [1.29, 1.82) is 0 Å². The van der Waals surface area contributed by atoms with Gasteiger partial charge in [-0.2, -0.15) is 4.37 Å². The minimum absolute atomic E-state index is 0.309. The number of rotatable bonds is 4. The van der Waals surface area contributed by atoms with Crippen molar-refractivity contribution in [3.63, 3.8) is 0 Å². The van der Waals surface area contributed by atoms with Gasteiger partial charge in [-0.1, -0.05) is 18.7 Å². The Balaban J connectivity index is 2.22. The summed E-state index contributed by atoms with van der Waals surface area (Å²) in [6, 6.07) is 0.309. The van der Waals surface area contributed by atoms with Crippen LogP contribution in [0.2, 0.25) is 0 Å². The molecule has 2 heterocycles. The van der Waals surface area contributed by atoms with Crippen LogP contribution < -0.4 is 10.1 Å². The summed E-state index contributed by atoms with van der Waals surface area (Å²) in [5, 5.41) is 3.40. The first-order chi connectivity index (χ1) is 7.83. The maximum atomic E-state index is 5.48. The average molecular weight is 237 g/mol. The molecule has 1 N–H and O–H groups in total. The molecule has 1 unspecified atom stereocenters. The van der Waals surface area contributed by atoms with Crippen LogP contribution in [0.3, 0.4) is 0 Å². The fraction of sp³-hybridized carbons (Fsp3) is 0.455. The minimum Gasteiger partial charge on any atom is -0.471 e. The van der Waals surface area contributed by atoms with Crippen LogP contribution in [0.15, 0.2) is 18.7 Å². The van der Waals surface area contributed by atoms with E-state index < -0.39 is 0 Å². The van der Waals surface area contributed by atoms with Crippen LogP contribution in [0.25, 0.3) is 5.57 Å². The van der Waals surface area contributed by atoms with E-state index in [-0.39, 0.29) is 0 Å². The molecule has 1 aromatic rings.